The van der Waals surface area contributed by atoms with E-state index < -0.39 is 0 Å². The van der Waals surface area contributed by atoms with Crippen LogP contribution in [0, 0.1) is 5.92 Å². The van der Waals surface area contributed by atoms with Crippen molar-refractivity contribution < 1.29 is 9.53 Å². The number of carbonyl (C=O) groups excluding carboxylic acids is 1. The number of nitrogens with two attached hydrogens (primary N) is 1. The quantitative estimate of drug-likeness (QED) is 0.632. The molecule has 0 rings (SSSR count). The number of hydrogen-bond donors (Lipinski definition) is 2. The lowest BCUT2D eigenvalue weighted by atomic mass is 10.1. The summed E-state index contributed by atoms with van der Waals surface area (Å²) in [7, 11) is 1.64. The molecule has 0 aliphatic rings. The molecule has 0 radical (unpaired) electrons. The van der Waals surface area contributed by atoms with E-state index in [-0.39, 0.29) is 17.9 Å². The van der Waals surface area contributed by atoms with Gasteiger partial charge in [0.15, 0.2) is 0 Å². The van der Waals surface area contributed by atoms with Gasteiger partial charge in [0.05, 0.1) is 12.6 Å². The van der Waals surface area contributed by atoms with Crippen molar-refractivity contribution >= 4 is 5.91 Å². The van der Waals surface area contributed by atoms with Gasteiger partial charge in [-0.25, -0.2) is 0 Å². The van der Waals surface area contributed by atoms with Crippen LogP contribution in [0.5, 0.6) is 0 Å². The Labute approximate surface area is 86.2 Å². The highest BCUT2D eigenvalue weighted by molar-refractivity contribution is 5.76. The Kier molecular flexibility index (Phi) is 7.42. The molecule has 0 aromatic rings. The number of hydrogen-bond acceptors (Lipinski definition) is 3. The molecule has 0 aromatic carbocycles. The first-order chi connectivity index (χ1) is 6.63. The van der Waals surface area contributed by atoms with Gasteiger partial charge in [0.25, 0.3) is 0 Å². The van der Waals surface area contributed by atoms with Crippen molar-refractivity contribution in [1.82, 2.24) is 5.32 Å². The first kappa shape index (κ1) is 13.4. The number of methoxy groups -OCH3 is 1. The highest BCUT2D eigenvalue weighted by atomic mass is 16.5. The van der Waals surface area contributed by atoms with Crippen LogP contribution in [0.25, 0.3) is 0 Å². The Morgan fingerprint density at radius 2 is 2.21 bits per heavy atom. The Balaban J connectivity index is 3.78. The minimum atomic E-state index is 0.0619. The second kappa shape index (κ2) is 7.76. The summed E-state index contributed by atoms with van der Waals surface area (Å²) in [4.78, 5) is 11.4. The summed E-state index contributed by atoms with van der Waals surface area (Å²) in [6.45, 7) is 5.11. The van der Waals surface area contributed by atoms with Crippen molar-refractivity contribution in [1.29, 1.82) is 0 Å². The van der Waals surface area contributed by atoms with Gasteiger partial charge in [-0.05, 0) is 18.9 Å². The zero-order valence-corrected chi connectivity index (χ0v) is 9.38. The molecule has 0 heterocycles. The second-order valence-corrected chi connectivity index (χ2v) is 3.67. The molecule has 2 atom stereocenters. The van der Waals surface area contributed by atoms with Crippen LogP contribution in [0.3, 0.4) is 0 Å². The van der Waals surface area contributed by atoms with Crippen molar-refractivity contribution in [2.75, 3.05) is 20.3 Å². The largest absolute Gasteiger partial charge is 0.383 e. The third kappa shape index (κ3) is 5.94. The minimum Gasteiger partial charge on any atom is -0.383 e. The van der Waals surface area contributed by atoms with Gasteiger partial charge in [0, 0.05) is 13.5 Å². The summed E-state index contributed by atoms with van der Waals surface area (Å²) in [6, 6.07) is 0.123. The molecule has 0 aliphatic carbocycles. The predicted molar refractivity (Wildman–Crippen MR) is 56.9 cm³/mol. The zero-order valence-electron chi connectivity index (χ0n) is 9.38. The fourth-order valence-electron chi connectivity index (χ4n) is 1.15. The summed E-state index contributed by atoms with van der Waals surface area (Å²) in [6.07, 6.45) is 1.38. The van der Waals surface area contributed by atoms with Crippen molar-refractivity contribution in [3.05, 3.63) is 0 Å². The van der Waals surface area contributed by atoms with E-state index in [2.05, 4.69) is 5.32 Å². The van der Waals surface area contributed by atoms with Gasteiger partial charge in [-0.1, -0.05) is 13.8 Å². The summed E-state index contributed by atoms with van der Waals surface area (Å²) in [5.41, 5.74) is 5.44. The summed E-state index contributed by atoms with van der Waals surface area (Å²) in [5, 5.41) is 2.91. The molecule has 2 unspecified atom stereocenters. The van der Waals surface area contributed by atoms with Gasteiger partial charge in [0.2, 0.25) is 5.91 Å². The van der Waals surface area contributed by atoms with Crippen molar-refractivity contribution in [3.63, 3.8) is 0 Å². The topological polar surface area (TPSA) is 64.3 Å². The molecule has 84 valence electrons. The third-order valence-corrected chi connectivity index (χ3v) is 2.16. The summed E-state index contributed by atoms with van der Waals surface area (Å²) < 4.78 is 4.99. The van der Waals surface area contributed by atoms with Crippen LogP contribution in [0.2, 0.25) is 0 Å². The normalized spacial score (nSPS) is 14.9. The van der Waals surface area contributed by atoms with Crippen LogP contribution in [0.1, 0.15) is 26.7 Å². The van der Waals surface area contributed by atoms with E-state index in [1.807, 2.05) is 13.8 Å². The highest BCUT2D eigenvalue weighted by Crippen LogP contribution is 2.00. The number of amides is 1. The molecule has 0 aromatic heterocycles. The molecule has 0 fully saturated rings. The standard InChI is InChI=1S/C10H22N2O2/c1-4-9(7-14-3)12-10(13)5-8(2)6-11/h8-9H,4-7,11H2,1-3H3,(H,12,13). The lowest BCUT2D eigenvalue weighted by Crippen LogP contribution is -2.38. The fraction of sp³-hybridized carbons (Fsp3) is 0.900. The summed E-state index contributed by atoms with van der Waals surface area (Å²) >= 11 is 0. The maximum Gasteiger partial charge on any atom is 0.220 e. The van der Waals surface area contributed by atoms with Gasteiger partial charge in [-0.15, -0.1) is 0 Å². The monoisotopic (exact) mass is 202 g/mol. The van der Waals surface area contributed by atoms with Crippen molar-refractivity contribution in [3.8, 4) is 0 Å². The molecular formula is C10H22N2O2. The van der Waals surface area contributed by atoms with Crippen molar-refractivity contribution in [2.45, 2.75) is 32.7 Å². The molecule has 4 heteroatoms. The van der Waals surface area contributed by atoms with E-state index in [4.69, 9.17) is 10.5 Å². The maximum atomic E-state index is 11.4. The summed E-state index contributed by atoms with van der Waals surface area (Å²) in [5.74, 6) is 0.307. The number of nitrogens with one attached hydrogen (secondary N) is 1. The van der Waals surface area contributed by atoms with E-state index >= 15 is 0 Å². The Morgan fingerprint density at radius 1 is 1.57 bits per heavy atom. The molecule has 0 saturated carbocycles. The molecular weight excluding hydrogens is 180 g/mol. The van der Waals surface area contributed by atoms with Gasteiger partial charge in [-0.3, -0.25) is 4.79 Å². The van der Waals surface area contributed by atoms with Crippen molar-refractivity contribution in [2.24, 2.45) is 11.7 Å². The number of ether oxygens (including phenoxy) is 1. The van der Waals surface area contributed by atoms with Gasteiger partial charge >= 0.3 is 0 Å². The van der Waals surface area contributed by atoms with Crippen LogP contribution in [-0.2, 0) is 9.53 Å². The lowest BCUT2D eigenvalue weighted by Gasteiger charge is -2.17. The van der Waals surface area contributed by atoms with E-state index in [0.717, 1.165) is 6.42 Å². The minimum absolute atomic E-state index is 0.0619. The third-order valence-electron chi connectivity index (χ3n) is 2.16. The Bertz CT molecular complexity index is 162. The highest BCUT2D eigenvalue weighted by Gasteiger charge is 2.12. The van der Waals surface area contributed by atoms with Gasteiger partial charge < -0.3 is 15.8 Å². The zero-order chi connectivity index (χ0) is 11.0. The molecule has 0 bridgehead atoms. The van der Waals surface area contributed by atoms with Crippen LogP contribution in [0.4, 0.5) is 0 Å². The molecule has 3 N–H and O–H groups in total. The molecule has 4 nitrogen and oxygen atoms in total. The van der Waals surface area contributed by atoms with Crippen LogP contribution in [0.15, 0.2) is 0 Å². The van der Waals surface area contributed by atoms with E-state index in [1.54, 1.807) is 7.11 Å². The lowest BCUT2D eigenvalue weighted by molar-refractivity contribution is -0.122. The van der Waals surface area contributed by atoms with E-state index in [1.165, 1.54) is 0 Å². The molecule has 14 heavy (non-hydrogen) atoms. The second-order valence-electron chi connectivity index (χ2n) is 3.67. The van der Waals surface area contributed by atoms with Crippen LogP contribution in [-0.4, -0.2) is 32.2 Å². The average molecular weight is 202 g/mol. The Morgan fingerprint density at radius 3 is 2.64 bits per heavy atom. The fourth-order valence-corrected chi connectivity index (χ4v) is 1.15. The average Bonchev–Trinajstić information content (AvgIpc) is 2.16. The predicted octanol–water partition coefficient (Wildman–Crippen LogP) is 0.513. The SMILES string of the molecule is CCC(COC)NC(=O)CC(C)CN. The van der Waals surface area contributed by atoms with Gasteiger partial charge in [0.1, 0.15) is 0 Å². The first-order valence-electron chi connectivity index (χ1n) is 5.12. The number of rotatable bonds is 7. The molecule has 0 spiro atoms. The van der Waals surface area contributed by atoms with Gasteiger partial charge in [-0.2, -0.15) is 0 Å². The molecule has 1 amide bonds. The Hall–Kier alpha value is -0.610. The molecule has 0 aliphatic heterocycles. The maximum absolute atomic E-state index is 11.4. The van der Waals surface area contributed by atoms with Crippen LogP contribution < -0.4 is 11.1 Å². The smallest absolute Gasteiger partial charge is 0.220 e. The molecule has 0 saturated heterocycles. The first-order valence-corrected chi connectivity index (χ1v) is 5.12. The number of carbonyl (C=O) groups is 1. The van der Waals surface area contributed by atoms with E-state index in [9.17, 15) is 4.79 Å². The van der Waals surface area contributed by atoms with Crippen LogP contribution >= 0.6 is 0 Å². The van der Waals surface area contributed by atoms with E-state index in [0.29, 0.717) is 19.6 Å².